The number of nitrogens with one attached hydrogen (secondary N) is 2. The largest absolute Gasteiger partial charge is 0.378 e. The van der Waals surface area contributed by atoms with Gasteiger partial charge in [-0.25, -0.2) is 13.1 Å². The molecule has 24 heavy (non-hydrogen) atoms. The van der Waals surface area contributed by atoms with E-state index < -0.39 is 14.8 Å². The fourth-order valence-corrected chi connectivity index (χ4v) is 2.77. The molecule has 0 saturated heterocycles. The van der Waals surface area contributed by atoms with Gasteiger partial charge in [-0.2, -0.15) is 0 Å². The Labute approximate surface area is 145 Å². The van der Waals surface area contributed by atoms with Crippen LogP contribution in [0.15, 0.2) is 24.3 Å². The summed E-state index contributed by atoms with van der Waals surface area (Å²) in [4.78, 5) is 13.9. The number of amides is 1. The Balaban J connectivity index is 2.34. The van der Waals surface area contributed by atoms with Crippen molar-refractivity contribution in [3.05, 3.63) is 24.3 Å². The molecule has 0 saturated carbocycles. The van der Waals surface area contributed by atoms with E-state index in [0.29, 0.717) is 25.8 Å². The van der Waals surface area contributed by atoms with Crippen molar-refractivity contribution in [3.63, 3.8) is 0 Å². The summed E-state index contributed by atoms with van der Waals surface area (Å²) in [5.41, 5.74) is 1.78. The van der Waals surface area contributed by atoms with Gasteiger partial charge in [-0.15, -0.1) is 0 Å². The van der Waals surface area contributed by atoms with Crippen molar-refractivity contribution in [2.24, 2.45) is 0 Å². The Bertz CT molecular complexity index is 649. The van der Waals surface area contributed by atoms with Crippen LogP contribution in [0.3, 0.4) is 0 Å². The molecular weight excluding hydrogens is 326 g/mol. The molecular formula is C17H29N3O3S. The third-order valence-electron chi connectivity index (χ3n) is 3.58. The summed E-state index contributed by atoms with van der Waals surface area (Å²) in [6.45, 7) is 5.32. The molecule has 0 aliphatic heterocycles. The van der Waals surface area contributed by atoms with Crippen molar-refractivity contribution < 1.29 is 13.2 Å². The van der Waals surface area contributed by atoms with E-state index in [1.54, 1.807) is 20.8 Å². The summed E-state index contributed by atoms with van der Waals surface area (Å²) in [7, 11) is 0.573. The SMILES string of the molecule is CN(C)c1cccc(NC(=O)CCCCNS(=O)(=O)C(C)(C)C)c1. The van der Waals surface area contributed by atoms with E-state index in [9.17, 15) is 13.2 Å². The lowest BCUT2D eigenvalue weighted by Gasteiger charge is -2.19. The number of carbonyl (C=O) groups is 1. The highest BCUT2D eigenvalue weighted by Crippen LogP contribution is 2.17. The van der Waals surface area contributed by atoms with E-state index in [-0.39, 0.29) is 5.91 Å². The molecule has 7 heteroatoms. The van der Waals surface area contributed by atoms with Crippen LogP contribution in [0.25, 0.3) is 0 Å². The maximum absolute atomic E-state index is 11.9. The van der Waals surface area contributed by atoms with Crippen molar-refractivity contribution in [1.82, 2.24) is 4.72 Å². The van der Waals surface area contributed by atoms with Crippen LogP contribution in [0.1, 0.15) is 40.0 Å². The summed E-state index contributed by atoms with van der Waals surface area (Å²) >= 11 is 0. The molecule has 136 valence electrons. The fraction of sp³-hybridized carbons (Fsp3) is 0.588. The fourth-order valence-electron chi connectivity index (χ4n) is 1.92. The lowest BCUT2D eigenvalue weighted by Crippen LogP contribution is -2.39. The minimum absolute atomic E-state index is 0.0652. The number of unbranched alkanes of at least 4 members (excludes halogenated alkanes) is 1. The van der Waals surface area contributed by atoms with E-state index in [2.05, 4.69) is 10.0 Å². The highest BCUT2D eigenvalue weighted by molar-refractivity contribution is 7.90. The molecule has 1 aromatic rings. The van der Waals surface area contributed by atoms with Crippen LogP contribution in [0.4, 0.5) is 11.4 Å². The molecule has 0 atom stereocenters. The number of anilines is 2. The highest BCUT2D eigenvalue weighted by atomic mass is 32.2. The topological polar surface area (TPSA) is 78.5 Å². The molecule has 1 rings (SSSR count). The molecule has 6 nitrogen and oxygen atoms in total. The molecule has 0 aliphatic carbocycles. The van der Waals surface area contributed by atoms with Crippen LogP contribution >= 0.6 is 0 Å². The second-order valence-corrected chi connectivity index (χ2v) is 9.48. The number of rotatable bonds is 8. The minimum Gasteiger partial charge on any atom is -0.378 e. The third kappa shape index (κ3) is 6.49. The molecule has 0 spiro atoms. The summed E-state index contributed by atoms with van der Waals surface area (Å²) in [6.07, 6.45) is 1.62. The lowest BCUT2D eigenvalue weighted by atomic mass is 10.2. The average molecular weight is 356 g/mol. The molecule has 0 unspecified atom stereocenters. The number of sulfonamides is 1. The standard InChI is InChI=1S/C17H29N3O3S/c1-17(2,3)24(22,23)18-12-7-6-11-16(21)19-14-9-8-10-15(13-14)20(4)5/h8-10,13,18H,6-7,11-12H2,1-5H3,(H,19,21). The van der Waals surface area contributed by atoms with Gasteiger partial charge in [0.15, 0.2) is 0 Å². The van der Waals surface area contributed by atoms with Gasteiger partial charge in [0, 0.05) is 38.4 Å². The second kappa shape index (κ2) is 8.48. The quantitative estimate of drug-likeness (QED) is 0.703. The predicted octanol–water partition coefficient (Wildman–Crippen LogP) is 2.58. The van der Waals surface area contributed by atoms with Gasteiger partial charge in [-0.1, -0.05) is 6.07 Å². The Morgan fingerprint density at radius 1 is 1.17 bits per heavy atom. The third-order valence-corrected chi connectivity index (χ3v) is 5.77. The molecule has 0 bridgehead atoms. The number of nitrogens with zero attached hydrogens (tertiary/aromatic N) is 1. The van der Waals surface area contributed by atoms with Gasteiger partial charge in [-0.3, -0.25) is 4.79 Å². The van der Waals surface area contributed by atoms with Crippen LogP contribution < -0.4 is 14.9 Å². The maximum Gasteiger partial charge on any atom is 0.224 e. The van der Waals surface area contributed by atoms with Gasteiger partial charge in [0.25, 0.3) is 0 Å². The Morgan fingerprint density at radius 2 is 1.83 bits per heavy atom. The van der Waals surface area contributed by atoms with E-state index >= 15 is 0 Å². The second-order valence-electron chi connectivity index (χ2n) is 6.96. The zero-order valence-electron chi connectivity index (χ0n) is 15.2. The van der Waals surface area contributed by atoms with Crippen LogP contribution in [-0.2, 0) is 14.8 Å². The Morgan fingerprint density at radius 3 is 2.42 bits per heavy atom. The summed E-state index contributed by atoms with van der Waals surface area (Å²) < 4.78 is 25.5. The van der Waals surface area contributed by atoms with Crippen LogP contribution in [-0.4, -0.2) is 39.7 Å². The van der Waals surface area contributed by atoms with Gasteiger partial charge in [-0.05, 0) is 51.8 Å². The molecule has 0 heterocycles. The van der Waals surface area contributed by atoms with Crippen molar-refractivity contribution in [2.75, 3.05) is 30.9 Å². The first-order chi connectivity index (χ1) is 11.0. The first-order valence-electron chi connectivity index (χ1n) is 8.09. The summed E-state index contributed by atoms with van der Waals surface area (Å²) in [5.74, 6) is -0.0652. The zero-order valence-corrected chi connectivity index (χ0v) is 16.0. The first-order valence-corrected chi connectivity index (χ1v) is 9.58. The van der Waals surface area contributed by atoms with Gasteiger partial charge >= 0.3 is 0 Å². The molecule has 2 N–H and O–H groups in total. The number of hydrogen-bond donors (Lipinski definition) is 2. The molecule has 0 aromatic heterocycles. The molecule has 0 aliphatic rings. The van der Waals surface area contributed by atoms with E-state index in [4.69, 9.17) is 0 Å². The average Bonchev–Trinajstić information content (AvgIpc) is 2.45. The van der Waals surface area contributed by atoms with Gasteiger partial charge in [0.05, 0.1) is 4.75 Å². The molecule has 0 fully saturated rings. The van der Waals surface area contributed by atoms with Gasteiger partial charge < -0.3 is 10.2 Å². The minimum atomic E-state index is -3.32. The van der Waals surface area contributed by atoms with Crippen molar-refractivity contribution >= 4 is 27.3 Å². The van der Waals surface area contributed by atoms with Crippen molar-refractivity contribution in [2.45, 2.75) is 44.8 Å². The highest BCUT2D eigenvalue weighted by Gasteiger charge is 2.27. The number of hydrogen-bond acceptors (Lipinski definition) is 4. The van der Waals surface area contributed by atoms with Crippen LogP contribution in [0.2, 0.25) is 0 Å². The predicted molar refractivity (Wildman–Crippen MR) is 99.9 cm³/mol. The van der Waals surface area contributed by atoms with Gasteiger partial charge in [0.2, 0.25) is 15.9 Å². The van der Waals surface area contributed by atoms with E-state index in [1.807, 2.05) is 43.3 Å². The zero-order chi connectivity index (χ0) is 18.4. The molecule has 0 radical (unpaired) electrons. The molecule has 1 amide bonds. The molecule has 1 aromatic carbocycles. The Kier molecular flexibility index (Phi) is 7.23. The number of carbonyl (C=O) groups excluding carboxylic acids is 1. The van der Waals surface area contributed by atoms with Crippen LogP contribution in [0, 0.1) is 0 Å². The summed E-state index contributed by atoms with van der Waals surface area (Å²) in [5, 5.41) is 2.86. The summed E-state index contributed by atoms with van der Waals surface area (Å²) in [6, 6.07) is 7.63. The van der Waals surface area contributed by atoms with Gasteiger partial charge in [0.1, 0.15) is 0 Å². The lowest BCUT2D eigenvalue weighted by molar-refractivity contribution is -0.116. The normalized spacial score (nSPS) is 12.0. The van der Waals surface area contributed by atoms with E-state index in [1.165, 1.54) is 0 Å². The van der Waals surface area contributed by atoms with Crippen molar-refractivity contribution in [3.8, 4) is 0 Å². The van der Waals surface area contributed by atoms with Crippen molar-refractivity contribution in [1.29, 1.82) is 0 Å². The smallest absolute Gasteiger partial charge is 0.224 e. The number of benzene rings is 1. The van der Waals surface area contributed by atoms with Crippen LogP contribution in [0.5, 0.6) is 0 Å². The maximum atomic E-state index is 11.9. The monoisotopic (exact) mass is 355 g/mol. The Hall–Kier alpha value is -1.60. The first kappa shape index (κ1) is 20.4. The van der Waals surface area contributed by atoms with E-state index in [0.717, 1.165) is 11.4 Å².